The van der Waals surface area contributed by atoms with Gasteiger partial charge in [0.15, 0.2) is 0 Å². The van der Waals surface area contributed by atoms with Gasteiger partial charge in [0.05, 0.1) is 17.6 Å². The Kier molecular flexibility index (Phi) is 5.58. The van der Waals surface area contributed by atoms with Crippen LogP contribution in [0.25, 0.3) is 0 Å². The van der Waals surface area contributed by atoms with Crippen LogP contribution in [0, 0.1) is 6.92 Å². The maximum Gasteiger partial charge on any atom is 0.338 e. The second-order valence-corrected chi connectivity index (χ2v) is 7.24. The fourth-order valence-corrected chi connectivity index (χ4v) is 3.29. The first-order valence-corrected chi connectivity index (χ1v) is 8.97. The van der Waals surface area contributed by atoms with Crippen LogP contribution in [-0.2, 0) is 14.8 Å². The number of aryl methyl sites for hydroxylation is 1. The lowest BCUT2D eigenvalue weighted by molar-refractivity contribution is 0.0600. The topological polar surface area (TPSA) is 76.0 Å². The molecule has 0 aliphatic carbocycles. The maximum absolute atomic E-state index is 12.7. The average Bonchev–Trinajstić information content (AvgIpc) is 2.59. The number of sulfonamides is 1. The van der Waals surface area contributed by atoms with E-state index in [1.165, 1.54) is 19.2 Å². The molecule has 25 heavy (non-hydrogen) atoms. The minimum absolute atomic E-state index is 0.0907. The molecule has 0 N–H and O–H groups in total. The Hall–Kier alpha value is -2.67. The second kappa shape index (κ2) is 7.48. The molecule has 0 saturated carbocycles. The molecule has 0 spiro atoms. The molecule has 2 aromatic rings. The van der Waals surface area contributed by atoms with E-state index >= 15 is 0 Å². The van der Waals surface area contributed by atoms with E-state index in [4.69, 9.17) is 4.74 Å². The molecule has 0 saturated heterocycles. The summed E-state index contributed by atoms with van der Waals surface area (Å²) in [4.78, 5) is 13.6. The van der Waals surface area contributed by atoms with Gasteiger partial charge < -0.3 is 9.64 Å². The van der Waals surface area contributed by atoms with Crippen LogP contribution in [0.5, 0.6) is 0 Å². The Morgan fingerprint density at radius 1 is 1.00 bits per heavy atom. The molecule has 0 unspecified atom stereocenters. The fourth-order valence-electron chi connectivity index (χ4n) is 2.21. The lowest BCUT2D eigenvalue weighted by Gasteiger charge is -2.18. The molecule has 0 heterocycles. The lowest BCUT2D eigenvalue weighted by Crippen LogP contribution is -2.26. The van der Waals surface area contributed by atoms with Crippen LogP contribution in [0.3, 0.4) is 0 Å². The van der Waals surface area contributed by atoms with Gasteiger partial charge in [-0.15, -0.1) is 4.40 Å². The van der Waals surface area contributed by atoms with E-state index in [1.807, 2.05) is 6.92 Å². The summed E-state index contributed by atoms with van der Waals surface area (Å²) in [6.45, 7) is 1.87. The van der Waals surface area contributed by atoms with E-state index in [1.54, 1.807) is 55.4 Å². The number of benzene rings is 2. The highest BCUT2D eigenvalue weighted by Crippen LogP contribution is 2.18. The summed E-state index contributed by atoms with van der Waals surface area (Å²) in [6, 6.07) is 13.0. The normalized spacial score (nSPS) is 11.9. The standard InChI is InChI=1S/C18H20N2O4S/c1-13-9-11-14(12-10-13)25(22,23)19-17(20(2)3)15-7-5-6-8-16(15)18(21)24-4/h5-12H,1-4H3/b19-17-. The summed E-state index contributed by atoms with van der Waals surface area (Å²) in [5.74, 6) is -0.403. The van der Waals surface area contributed by atoms with Gasteiger partial charge in [0.25, 0.3) is 10.0 Å². The van der Waals surface area contributed by atoms with Gasteiger partial charge in [-0.05, 0) is 25.1 Å². The molecule has 2 rings (SSSR count). The van der Waals surface area contributed by atoms with Crippen molar-refractivity contribution in [3.05, 3.63) is 65.2 Å². The molecule has 132 valence electrons. The van der Waals surface area contributed by atoms with Crippen molar-refractivity contribution in [3.63, 3.8) is 0 Å². The summed E-state index contributed by atoms with van der Waals surface area (Å²) >= 11 is 0. The van der Waals surface area contributed by atoms with Gasteiger partial charge in [0, 0.05) is 19.7 Å². The first-order valence-electron chi connectivity index (χ1n) is 7.53. The number of nitrogens with zero attached hydrogens (tertiary/aromatic N) is 2. The highest BCUT2D eigenvalue weighted by Gasteiger charge is 2.21. The van der Waals surface area contributed by atoms with E-state index in [0.717, 1.165) is 5.56 Å². The largest absolute Gasteiger partial charge is 0.465 e. The number of carbonyl (C=O) groups is 1. The number of carbonyl (C=O) groups excluding carboxylic acids is 1. The van der Waals surface area contributed by atoms with Crippen LogP contribution >= 0.6 is 0 Å². The molecule has 0 atom stereocenters. The van der Waals surface area contributed by atoms with E-state index in [0.29, 0.717) is 5.56 Å². The van der Waals surface area contributed by atoms with Crippen LogP contribution in [0.2, 0.25) is 0 Å². The third-order valence-electron chi connectivity index (χ3n) is 3.52. The number of hydrogen-bond donors (Lipinski definition) is 0. The number of hydrogen-bond acceptors (Lipinski definition) is 4. The Bertz CT molecular complexity index is 901. The van der Waals surface area contributed by atoms with Gasteiger partial charge in [0.1, 0.15) is 5.84 Å². The van der Waals surface area contributed by atoms with Gasteiger partial charge in [-0.1, -0.05) is 35.9 Å². The van der Waals surface area contributed by atoms with Crippen molar-refractivity contribution in [3.8, 4) is 0 Å². The number of esters is 1. The van der Waals surface area contributed by atoms with Gasteiger partial charge in [0.2, 0.25) is 0 Å². The number of ether oxygens (including phenoxy) is 1. The van der Waals surface area contributed by atoms with Crippen molar-refractivity contribution in [1.82, 2.24) is 4.90 Å². The van der Waals surface area contributed by atoms with Gasteiger partial charge in [-0.2, -0.15) is 8.42 Å². The van der Waals surface area contributed by atoms with Crippen molar-refractivity contribution in [2.75, 3.05) is 21.2 Å². The predicted octanol–water partition coefficient (Wildman–Crippen LogP) is 2.48. The maximum atomic E-state index is 12.7. The third-order valence-corrected chi connectivity index (χ3v) is 4.80. The van der Waals surface area contributed by atoms with E-state index in [-0.39, 0.29) is 16.3 Å². The third kappa shape index (κ3) is 4.24. The summed E-state index contributed by atoms with van der Waals surface area (Å²) in [5, 5.41) is 0. The van der Waals surface area contributed by atoms with Crippen molar-refractivity contribution in [2.45, 2.75) is 11.8 Å². The molecule has 0 aliphatic rings. The number of methoxy groups -OCH3 is 1. The Labute approximate surface area is 147 Å². The van der Waals surface area contributed by atoms with Crippen molar-refractivity contribution in [2.24, 2.45) is 4.40 Å². The molecule has 6 nitrogen and oxygen atoms in total. The molecule has 0 radical (unpaired) electrons. The SMILES string of the molecule is COC(=O)c1ccccc1/C(=N/S(=O)(=O)c1ccc(C)cc1)N(C)C. The van der Waals surface area contributed by atoms with Crippen molar-refractivity contribution >= 4 is 21.8 Å². The molecule has 0 aliphatic heterocycles. The van der Waals surface area contributed by atoms with Gasteiger partial charge >= 0.3 is 5.97 Å². The first-order chi connectivity index (χ1) is 11.8. The zero-order valence-corrected chi connectivity index (χ0v) is 15.4. The van der Waals surface area contributed by atoms with Gasteiger partial charge in [-0.25, -0.2) is 4.79 Å². The minimum Gasteiger partial charge on any atom is -0.465 e. The van der Waals surface area contributed by atoms with Crippen molar-refractivity contribution < 1.29 is 17.9 Å². The monoisotopic (exact) mass is 360 g/mol. The molecule has 0 amide bonds. The zero-order chi connectivity index (χ0) is 18.6. The van der Waals surface area contributed by atoms with Crippen LogP contribution < -0.4 is 0 Å². The van der Waals surface area contributed by atoms with Crippen LogP contribution in [-0.4, -0.2) is 46.3 Å². The second-order valence-electron chi connectivity index (χ2n) is 5.63. The predicted molar refractivity (Wildman–Crippen MR) is 96.4 cm³/mol. The highest BCUT2D eigenvalue weighted by atomic mass is 32.2. The molecular weight excluding hydrogens is 340 g/mol. The molecule has 0 bridgehead atoms. The smallest absolute Gasteiger partial charge is 0.338 e. The summed E-state index contributed by atoms with van der Waals surface area (Å²) in [7, 11) is 0.677. The summed E-state index contributed by atoms with van der Waals surface area (Å²) in [6.07, 6.45) is 0. The molecule has 2 aromatic carbocycles. The lowest BCUT2D eigenvalue weighted by atomic mass is 10.1. The average molecular weight is 360 g/mol. The molecule has 0 fully saturated rings. The van der Waals surface area contributed by atoms with Crippen LogP contribution in [0.1, 0.15) is 21.5 Å². The Morgan fingerprint density at radius 3 is 2.08 bits per heavy atom. The fraction of sp³-hybridized carbons (Fsp3) is 0.222. The van der Waals surface area contributed by atoms with Crippen molar-refractivity contribution in [1.29, 1.82) is 0 Å². The van der Waals surface area contributed by atoms with Crippen LogP contribution in [0.15, 0.2) is 57.8 Å². The number of amidine groups is 1. The van der Waals surface area contributed by atoms with Gasteiger partial charge in [-0.3, -0.25) is 0 Å². The zero-order valence-electron chi connectivity index (χ0n) is 14.6. The molecular formula is C18H20N2O4S. The molecule has 0 aromatic heterocycles. The minimum atomic E-state index is -3.92. The van der Waals surface area contributed by atoms with E-state index in [9.17, 15) is 13.2 Å². The highest BCUT2D eigenvalue weighted by molar-refractivity contribution is 7.90. The summed E-state index contributed by atoms with van der Waals surface area (Å²) in [5.41, 5.74) is 1.58. The van der Waals surface area contributed by atoms with E-state index < -0.39 is 16.0 Å². The van der Waals surface area contributed by atoms with E-state index in [2.05, 4.69) is 4.40 Å². The quantitative estimate of drug-likeness (QED) is 0.476. The number of rotatable bonds is 4. The first kappa shape index (κ1) is 18.7. The van der Waals surface area contributed by atoms with Crippen LogP contribution in [0.4, 0.5) is 0 Å². The Balaban J connectivity index is 2.61. The molecule has 7 heteroatoms. The Morgan fingerprint density at radius 2 is 1.56 bits per heavy atom. The summed E-state index contributed by atoms with van der Waals surface area (Å²) < 4.78 is 34.0.